The number of hydrogen-bond acceptors (Lipinski definition) is 4. The second-order valence-electron chi connectivity index (χ2n) is 5.50. The molecule has 1 aliphatic rings. The molecule has 0 spiro atoms. The van der Waals surface area contributed by atoms with Gasteiger partial charge in [0, 0.05) is 26.3 Å². The molecule has 3 rings (SSSR count). The van der Waals surface area contributed by atoms with Crippen LogP contribution in [0.5, 0.6) is 0 Å². The van der Waals surface area contributed by atoms with E-state index in [0.29, 0.717) is 0 Å². The molecule has 24 heavy (non-hydrogen) atoms. The number of carbonyl (C=O) groups is 2. The Balaban J connectivity index is 1.86. The highest BCUT2D eigenvalue weighted by atomic mass is 19.1. The van der Waals surface area contributed by atoms with Crippen LogP contribution in [-0.4, -0.2) is 57.5 Å². The molecule has 0 saturated carbocycles. The van der Waals surface area contributed by atoms with Gasteiger partial charge in [0.15, 0.2) is 5.69 Å². The maximum absolute atomic E-state index is 13.8. The number of ether oxygens (including phenoxy) is 1. The predicted molar refractivity (Wildman–Crippen MR) is 81.4 cm³/mol. The summed E-state index contributed by atoms with van der Waals surface area (Å²) in [7, 11) is 1.48. The molecule has 1 aromatic heterocycles. The number of benzene rings is 1. The summed E-state index contributed by atoms with van der Waals surface area (Å²) in [4.78, 5) is 25.2. The maximum atomic E-state index is 13.8. The number of amides is 1. The lowest BCUT2D eigenvalue weighted by Crippen LogP contribution is -2.40. The first-order chi connectivity index (χ1) is 11.5. The predicted octanol–water partition coefficient (Wildman–Crippen LogP) is 1.33. The van der Waals surface area contributed by atoms with E-state index in [1.165, 1.54) is 41.1 Å². The molecule has 8 heteroatoms. The molecule has 0 bridgehead atoms. The molecule has 1 aromatic carbocycles. The van der Waals surface area contributed by atoms with Crippen LogP contribution in [0.25, 0.3) is 5.69 Å². The van der Waals surface area contributed by atoms with Crippen LogP contribution in [0, 0.1) is 5.82 Å². The van der Waals surface area contributed by atoms with Crippen LogP contribution in [0.3, 0.4) is 0 Å². The van der Waals surface area contributed by atoms with Crippen molar-refractivity contribution in [1.29, 1.82) is 0 Å². The number of hydrogen-bond donors (Lipinski definition) is 1. The van der Waals surface area contributed by atoms with Crippen LogP contribution >= 0.6 is 0 Å². The van der Waals surface area contributed by atoms with Crippen molar-refractivity contribution in [1.82, 2.24) is 14.7 Å². The van der Waals surface area contributed by atoms with Crippen molar-refractivity contribution in [2.24, 2.45) is 0 Å². The van der Waals surface area contributed by atoms with Gasteiger partial charge in [0.1, 0.15) is 17.5 Å². The van der Waals surface area contributed by atoms with E-state index in [9.17, 15) is 19.1 Å². The number of rotatable bonds is 4. The van der Waals surface area contributed by atoms with Crippen molar-refractivity contribution in [3.63, 3.8) is 0 Å². The number of carbonyl (C=O) groups excluding carboxylic acids is 1. The first-order valence-corrected chi connectivity index (χ1v) is 7.38. The van der Waals surface area contributed by atoms with Gasteiger partial charge in [0.2, 0.25) is 0 Å². The van der Waals surface area contributed by atoms with Gasteiger partial charge in [-0.05, 0) is 18.2 Å². The Kier molecular flexibility index (Phi) is 4.30. The highest BCUT2D eigenvalue weighted by molar-refractivity contribution is 5.95. The second kappa shape index (κ2) is 6.40. The van der Waals surface area contributed by atoms with Crippen LogP contribution in [0.1, 0.15) is 16.9 Å². The van der Waals surface area contributed by atoms with Crippen LogP contribution in [0.4, 0.5) is 4.39 Å². The highest BCUT2D eigenvalue weighted by Gasteiger charge is 2.40. The van der Waals surface area contributed by atoms with Gasteiger partial charge in [-0.25, -0.2) is 13.9 Å². The van der Waals surface area contributed by atoms with E-state index in [2.05, 4.69) is 5.10 Å². The Morgan fingerprint density at radius 3 is 2.75 bits per heavy atom. The van der Waals surface area contributed by atoms with Crippen LogP contribution in [-0.2, 0) is 9.53 Å². The number of methoxy groups -OCH3 is 1. The summed E-state index contributed by atoms with van der Waals surface area (Å²) in [6, 6.07) is 6.53. The van der Waals surface area contributed by atoms with E-state index < -0.39 is 23.7 Å². The second-order valence-corrected chi connectivity index (χ2v) is 5.50. The molecule has 0 radical (unpaired) electrons. The zero-order chi connectivity index (χ0) is 17.3. The van der Waals surface area contributed by atoms with Crippen molar-refractivity contribution < 1.29 is 23.8 Å². The summed E-state index contributed by atoms with van der Waals surface area (Å²) in [5, 5.41) is 13.4. The van der Waals surface area contributed by atoms with Gasteiger partial charge >= 0.3 is 5.97 Å². The minimum atomic E-state index is -1.09. The van der Waals surface area contributed by atoms with Crippen LogP contribution in [0.2, 0.25) is 0 Å². The molecule has 7 nitrogen and oxygen atoms in total. The molecular formula is C16H16FN3O4. The third-order valence-corrected chi connectivity index (χ3v) is 4.05. The van der Waals surface area contributed by atoms with Crippen molar-refractivity contribution in [2.75, 3.05) is 13.7 Å². The number of aliphatic carboxylic acids is 1. The van der Waals surface area contributed by atoms with E-state index in [1.54, 1.807) is 12.1 Å². The SMILES string of the molecule is COC1CC(C(=O)O)N(C(=O)c2ccn(-c3ccccc3F)n2)C1. The van der Waals surface area contributed by atoms with Gasteiger partial charge in [-0.3, -0.25) is 4.79 Å². The minimum Gasteiger partial charge on any atom is -0.480 e. The molecular weight excluding hydrogens is 317 g/mol. The Hall–Kier alpha value is -2.74. The molecule has 1 saturated heterocycles. The Bertz CT molecular complexity index is 776. The standard InChI is InChI=1S/C16H16FN3O4/c1-24-10-8-14(16(22)23)19(9-10)15(21)12-6-7-20(18-12)13-5-3-2-4-11(13)17/h2-7,10,14H,8-9H2,1H3,(H,22,23). The summed E-state index contributed by atoms with van der Waals surface area (Å²) in [5.41, 5.74) is 0.267. The largest absolute Gasteiger partial charge is 0.480 e. The van der Waals surface area contributed by atoms with Crippen molar-refractivity contribution in [3.05, 3.63) is 48.0 Å². The molecule has 1 aliphatic heterocycles. The van der Waals surface area contributed by atoms with E-state index in [4.69, 9.17) is 4.74 Å². The molecule has 126 valence electrons. The molecule has 1 fully saturated rings. The first-order valence-electron chi connectivity index (χ1n) is 7.38. The van der Waals surface area contributed by atoms with E-state index in [0.717, 1.165) is 0 Å². The number of nitrogens with zero attached hydrogens (tertiary/aromatic N) is 3. The third-order valence-electron chi connectivity index (χ3n) is 4.05. The van der Waals surface area contributed by atoms with Gasteiger partial charge in [0.25, 0.3) is 5.91 Å². The zero-order valence-electron chi connectivity index (χ0n) is 12.9. The van der Waals surface area contributed by atoms with E-state index in [1.807, 2.05) is 0 Å². The lowest BCUT2D eigenvalue weighted by atomic mass is 10.2. The number of aromatic nitrogens is 2. The third kappa shape index (κ3) is 2.88. The van der Waals surface area contributed by atoms with Gasteiger partial charge in [-0.2, -0.15) is 5.10 Å². The molecule has 2 atom stereocenters. The monoisotopic (exact) mass is 333 g/mol. The van der Waals surface area contributed by atoms with Crippen LogP contribution in [0.15, 0.2) is 36.5 Å². The summed E-state index contributed by atoms with van der Waals surface area (Å²) in [6.07, 6.45) is 1.36. The highest BCUT2D eigenvalue weighted by Crippen LogP contribution is 2.22. The summed E-state index contributed by atoms with van der Waals surface area (Å²) in [6.45, 7) is 0.179. The topological polar surface area (TPSA) is 84.7 Å². The Morgan fingerprint density at radius 2 is 2.08 bits per heavy atom. The van der Waals surface area contributed by atoms with Gasteiger partial charge in [-0.1, -0.05) is 12.1 Å². The molecule has 2 heterocycles. The van der Waals surface area contributed by atoms with Gasteiger partial charge in [-0.15, -0.1) is 0 Å². The fourth-order valence-corrected chi connectivity index (χ4v) is 2.78. The van der Waals surface area contributed by atoms with Crippen molar-refractivity contribution >= 4 is 11.9 Å². The number of halogens is 1. The van der Waals surface area contributed by atoms with Crippen LogP contribution < -0.4 is 0 Å². The fraction of sp³-hybridized carbons (Fsp3) is 0.312. The number of likely N-dealkylation sites (tertiary alicyclic amines) is 1. The lowest BCUT2D eigenvalue weighted by molar-refractivity contribution is -0.141. The summed E-state index contributed by atoms with van der Waals surface area (Å²) < 4.78 is 20.2. The number of carboxylic acid groups (broad SMARTS) is 1. The molecule has 1 amide bonds. The summed E-state index contributed by atoms with van der Waals surface area (Å²) in [5.74, 6) is -2.07. The smallest absolute Gasteiger partial charge is 0.326 e. The van der Waals surface area contributed by atoms with Crippen molar-refractivity contribution in [3.8, 4) is 5.69 Å². The zero-order valence-corrected chi connectivity index (χ0v) is 12.9. The molecule has 1 N–H and O–H groups in total. The number of para-hydroxylation sites is 1. The van der Waals surface area contributed by atoms with E-state index >= 15 is 0 Å². The quantitative estimate of drug-likeness (QED) is 0.912. The number of carboxylic acids is 1. The van der Waals surface area contributed by atoms with E-state index in [-0.39, 0.29) is 30.5 Å². The maximum Gasteiger partial charge on any atom is 0.326 e. The Labute approximate surface area is 137 Å². The minimum absolute atomic E-state index is 0.0567. The van der Waals surface area contributed by atoms with Crippen molar-refractivity contribution in [2.45, 2.75) is 18.6 Å². The molecule has 0 aliphatic carbocycles. The Morgan fingerprint density at radius 1 is 1.33 bits per heavy atom. The summed E-state index contributed by atoms with van der Waals surface area (Å²) >= 11 is 0. The molecule has 2 unspecified atom stereocenters. The normalized spacial score (nSPS) is 20.3. The average Bonchev–Trinajstić information content (AvgIpc) is 3.22. The lowest BCUT2D eigenvalue weighted by Gasteiger charge is -2.19. The van der Waals surface area contributed by atoms with Gasteiger partial charge < -0.3 is 14.7 Å². The first kappa shape index (κ1) is 16.1. The fourth-order valence-electron chi connectivity index (χ4n) is 2.78. The van der Waals surface area contributed by atoms with Gasteiger partial charge in [0.05, 0.1) is 6.10 Å². The average molecular weight is 333 g/mol. The molecule has 2 aromatic rings.